The Morgan fingerprint density at radius 2 is 2.00 bits per heavy atom. The number of carbonyl (C=O) groups is 1. The van der Waals surface area contributed by atoms with Crippen molar-refractivity contribution in [2.75, 3.05) is 18.0 Å². The smallest absolute Gasteiger partial charge is 0.272 e. The molecule has 7 nitrogen and oxygen atoms in total. The number of hydrogen-bond acceptors (Lipinski definition) is 5. The molecule has 4 rings (SSSR count). The van der Waals surface area contributed by atoms with E-state index in [-0.39, 0.29) is 11.9 Å². The molecule has 1 fully saturated rings. The van der Waals surface area contributed by atoms with Crippen molar-refractivity contribution < 1.29 is 4.79 Å². The van der Waals surface area contributed by atoms with Gasteiger partial charge in [0.1, 0.15) is 11.5 Å². The number of nitrogens with one attached hydrogen (secondary N) is 1. The monoisotopic (exact) mass is 336 g/mol. The van der Waals surface area contributed by atoms with Gasteiger partial charge in [0.25, 0.3) is 5.91 Å². The van der Waals surface area contributed by atoms with Crippen LogP contribution in [0.4, 0.5) is 5.82 Å². The molecule has 1 N–H and O–H groups in total. The molecule has 0 spiro atoms. The van der Waals surface area contributed by atoms with Crippen molar-refractivity contribution in [2.45, 2.75) is 19.9 Å². The molecule has 7 heteroatoms. The Bertz CT molecular complexity index is 957. The summed E-state index contributed by atoms with van der Waals surface area (Å²) in [6.07, 6.45) is 1.76. The largest absolute Gasteiger partial charge is 0.352 e. The Kier molecular flexibility index (Phi) is 3.63. The Hall–Kier alpha value is -2.96. The van der Waals surface area contributed by atoms with Crippen molar-refractivity contribution >= 4 is 22.8 Å². The maximum atomic E-state index is 12.1. The highest BCUT2D eigenvalue weighted by Gasteiger charge is 2.30. The van der Waals surface area contributed by atoms with Crippen LogP contribution >= 0.6 is 0 Å². The number of hydrogen-bond donors (Lipinski definition) is 1. The van der Waals surface area contributed by atoms with Crippen molar-refractivity contribution in [2.24, 2.45) is 7.05 Å². The molecule has 0 aromatic carbocycles. The average Bonchev–Trinajstić information content (AvgIpc) is 2.96. The van der Waals surface area contributed by atoms with Gasteiger partial charge in [0.2, 0.25) is 0 Å². The summed E-state index contributed by atoms with van der Waals surface area (Å²) in [6, 6.07) is 7.98. The summed E-state index contributed by atoms with van der Waals surface area (Å²) in [5, 5.41) is 8.20. The van der Waals surface area contributed by atoms with Crippen LogP contribution in [0, 0.1) is 13.8 Å². The van der Waals surface area contributed by atoms with Gasteiger partial charge in [-0.1, -0.05) is 0 Å². The topological polar surface area (TPSA) is 75.9 Å². The van der Waals surface area contributed by atoms with Gasteiger partial charge < -0.3 is 10.2 Å². The van der Waals surface area contributed by atoms with Crippen molar-refractivity contribution in [1.82, 2.24) is 25.1 Å². The van der Waals surface area contributed by atoms with E-state index in [2.05, 4.69) is 44.3 Å². The summed E-state index contributed by atoms with van der Waals surface area (Å²) in [7, 11) is 1.80. The zero-order chi connectivity index (χ0) is 17.6. The number of pyridine rings is 2. The minimum Gasteiger partial charge on any atom is -0.352 e. The van der Waals surface area contributed by atoms with Gasteiger partial charge in [-0.2, -0.15) is 5.10 Å². The standard InChI is InChI=1S/C18H20N6O/c1-11-8-12(2)19-17-14(11)4-5-16(21-17)24-9-13(10-24)20-18(25)15-6-7-23(3)22-15/h4-8,13H,9-10H2,1-3H3,(H,20,25). The molecule has 1 saturated heterocycles. The van der Waals surface area contributed by atoms with Crippen LogP contribution in [0.15, 0.2) is 30.5 Å². The Labute approximate surface area is 145 Å². The quantitative estimate of drug-likeness (QED) is 0.786. The number of anilines is 1. The lowest BCUT2D eigenvalue weighted by atomic mass is 10.1. The van der Waals surface area contributed by atoms with Gasteiger partial charge in [-0.15, -0.1) is 0 Å². The van der Waals surface area contributed by atoms with E-state index in [4.69, 9.17) is 0 Å². The predicted molar refractivity (Wildman–Crippen MR) is 95.7 cm³/mol. The lowest BCUT2D eigenvalue weighted by Gasteiger charge is -2.40. The molecule has 1 aliphatic rings. The van der Waals surface area contributed by atoms with Crippen LogP contribution in [0.2, 0.25) is 0 Å². The van der Waals surface area contributed by atoms with Crippen molar-refractivity contribution in [3.63, 3.8) is 0 Å². The van der Waals surface area contributed by atoms with Crippen molar-refractivity contribution in [3.8, 4) is 0 Å². The number of amides is 1. The van der Waals surface area contributed by atoms with Crippen LogP contribution in [-0.4, -0.2) is 44.8 Å². The lowest BCUT2D eigenvalue weighted by molar-refractivity contribution is 0.0924. The Balaban J connectivity index is 1.43. The maximum absolute atomic E-state index is 12.1. The maximum Gasteiger partial charge on any atom is 0.272 e. The van der Waals surface area contributed by atoms with E-state index in [9.17, 15) is 4.79 Å². The van der Waals surface area contributed by atoms with Gasteiger partial charge in [0.15, 0.2) is 5.65 Å². The van der Waals surface area contributed by atoms with E-state index in [0.29, 0.717) is 5.69 Å². The predicted octanol–water partition coefficient (Wildman–Crippen LogP) is 1.60. The fourth-order valence-corrected chi connectivity index (χ4v) is 3.15. The van der Waals surface area contributed by atoms with Crippen LogP contribution < -0.4 is 10.2 Å². The van der Waals surface area contributed by atoms with E-state index in [0.717, 1.165) is 35.6 Å². The van der Waals surface area contributed by atoms with Gasteiger partial charge in [0.05, 0.1) is 6.04 Å². The van der Waals surface area contributed by atoms with E-state index in [1.807, 2.05) is 13.0 Å². The third kappa shape index (κ3) is 2.93. The summed E-state index contributed by atoms with van der Waals surface area (Å²) < 4.78 is 1.62. The van der Waals surface area contributed by atoms with E-state index < -0.39 is 0 Å². The second kappa shape index (κ2) is 5.84. The average molecular weight is 336 g/mol. The number of aryl methyl sites for hydroxylation is 3. The van der Waals surface area contributed by atoms with Crippen molar-refractivity contribution in [1.29, 1.82) is 0 Å². The molecule has 25 heavy (non-hydrogen) atoms. The summed E-state index contributed by atoms with van der Waals surface area (Å²) in [5.41, 5.74) is 3.38. The van der Waals surface area contributed by atoms with E-state index >= 15 is 0 Å². The summed E-state index contributed by atoms with van der Waals surface area (Å²) >= 11 is 0. The van der Waals surface area contributed by atoms with Crippen LogP contribution in [0.3, 0.4) is 0 Å². The van der Waals surface area contributed by atoms with Gasteiger partial charge in [-0.3, -0.25) is 9.48 Å². The van der Waals surface area contributed by atoms with Crippen LogP contribution in [0.1, 0.15) is 21.7 Å². The lowest BCUT2D eigenvalue weighted by Crippen LogP contribution is -2.59. The Morgan fingerprint density at radius 1 is 1.20 bits per heavy atom. The number of nitrogens with zero attached hydrogens (tertiary/aromatic N) is 5. The molecule has 0 aliphatic carbocycles. The van der Waals surface area contributed by atoms with E-state index in [1.165, 1.54) is 5.56 Å². The molecular weight excluding hydrogens is 316 g/mol. The van der Waals surface area contributed by atoms with Gasteiger partial charge >= 0.3 is 0 Å². The van der Waals surface area contributed by atoms with Gasteiger partial charge in [-0.05, 0) is 43.7 Å². The highest BCUT2D eigenvalue weighted by atomic mass is 16.2. The third-order valence-corrected chi connectivity index (χ3v) is 4.48. The van der Waals surface area contributed by atoms with Gasteiger partial charge in [0, 0.05) is 37.4 Å². The molecule has 0 saturated carbocycles. The summed E-state index contributed by atoms with van der Waals surface area (Å²) in [6.45, 7) is 5.53. The first kappa shape index (κ1) is 15.6. The first-order valence-corrected chi connectivity index (χ1v) is 8.30. The molecule has 0 unspecified atom stereocenters. The number of rotatable bonds is 3. The molecule has 4 heterocycles. The molecule has 1 amide bonds. The third-order valence-electron chi connectivity index (χ3n) is 4.48. The molecule has 128 valence electrons. The van der Waals surface area contributed by atoms with Crippen LogP contribution in [0.5, 0.6) is 0 Å². The molecule has 0 bridgehead atoms. The van der Waals surface area contributed by atoms with Gasteiger partial charge in [-0.25, -0.2) is 9.97 Å². The highest BCUT2D eigenvalue weighted by Crippen LogP contribution is 2.23. The minimum atomic E-state index is -0.135. The number of fused-ring (bicyclic) bond motifs is 1. The molecular formula is C18H20N6O. The fourth-order valence-electron chi connectivity index (χ4n) is 3.15. The molecule has 0 radical (unpaired) electrons. The minimum absolute atomic E-state index is 0.110. The molecule has 3 aromatic heterocycles. The Morgan fingerprint density at radius 3 is 2.72 bits per heavy atom. The summed E-state index contributed by atoms with van der Waals surface area (Å²) in [4.78, 5) is 23.5. The molecule has 1 aliphatic heterocycles. The number of carbonyl (C=O) groups excluding carboxylic acids is 1. The zero-order valence-corrected chi connectivity index (χ0v) is 14.5. The fraction of sp³-hybridized carbons (Fsp3) is 0.333. The first-order valence-electron chi connectivity index (χ1n) is 8.30. The second-order valence-electron chi connectivity index (χ2n) is 6.57. The van der Waals surface area contributed by atoms with E-state index in [1.54, 1.807) is 24.0 Å². The second-order valence-corrected chi connectivity index (χ2v) is 6.57. The molecule has 0 atom stereocenters. The normalized spacial score (nSPS) is 14.6. The number of aromatic nitrogens is 4. The van der Waals surface area contributed by atoms with Crippen LogP contribution in [0.25, 0.3) is 11.0 Å². The molecule has 3 aromatic rings. The van der Waals surface area contributed by atoms with Crippen LogP contribution in [-0.2, 0) is 7.05 Å². The summed E-state index contributed by atoms with van der Waals surface area (Å²) in [5.74, 6) is 0.762. The van der Waals surface area contributed by atoms with Crippen molar-refractivity contribution in [3.05, 3.63) is 47.4 Å². The first-order chi connectivity index (χ1) is 12.0. The SMILES string of the molecule is Cc1cc(C)c2ccc(N3CC(NC(=O)c4ccn(C)n4)C3)nc2n1. The zero-order valence-electron chi connectivity index (χ0n) is 14.5. The highest BCUT2D eigenvalue weighted by molar-refractivity contribution is 5.92.